The minimum atomic E-state index is -1.05. The van der Waals surface area contributed by atoms with Crippen LogP contribution in [0.15, 0.2) is 30.7 Å². The lowest BCUT2D eigenvalue weighted by molar-refractivity contribution is -0.141. The molecule has 3 rings (SSSR count). The topological polar surface area (TPSA) is 127 Å². The van der Waals surface area contributed by atoms with E-state index in [-0.39, 0.29) is 18.2 Å². The average molecular weight is 357 g/mol. The predicted octanol–water partition coefficient (Wildman–Crippen LogP) is 0.567. The molecule has 2 heterocycles. The molecule has 0 radical (unpaired) electrons. The van der Waals surface area contributed by atoms with Gasteiger partial charge < -0.3 is 25.6 Å². The fourth-order valence-electron chi connectivity index (χ4n) is 2.83. The number of hydrogen-bond donors (Lipinski definition) is 4. The fourth-order valence-corrected chi connectivity index (χ4v) is 2.83. The van der Waals surface area contributed by atoms with Crippen LogP contribution >= 0.6 is 0 Å². The normalized spacial score (nSPS) is 16.4. The molecule has 26 heavy (non-hydrogen) atoms. The molecule has 2 amide bonds. The molecule has 0 unspecified atom stereocenters. The Morgan fingerprint density at radius 3 is 2.92 bits per heavy atom. The Hall–Kier alpha value is -3.36. The van der Waals surface area contributed by atoms with Gasteiger partial charge in [-0.05, 0) is 23.8 Å². The molecular formula is C17H19N5O4. The van der Waals surface area contributed by atoms with Crippen molar-refractivity contribution in [2.45, 2.75) is 25.6 Å². The Balaban J connectivity index is 1.77. The van der Waals surface area contributed by atoms with Crippen LogP contribution in [0, 0.1) is 0 Å². The number of nitrogens with one attached hydrogen (secondary N) is 3. The molecule has 9 nitrogen and oxygen atoms in total. The van der Waals surface area contributed by atoms with Crippen LogP contribution in [0.3, 0.4) is 0 Å². The first kappa shape index (κ1) is 17.5. The number of imidazole rings is 1. The van der Waals surface area contributed by atoms with Crippen LogP contribution in [-0.2, 0) is 22.7 Å². The summed E-state index contributed by atoms with van der Waals surface area (Å²) in [4.78, 5) is 43.9. The average Bonchev–Trinajstić information content (AvgIpc) is 3.09. The summed E-state index contributed by atoms with van der Waals surface area (Å²) in [5, 5.41) is 14.8. The second-order valence-electron chi connectivity index (χ2n) is 6.12. The Morgan fingerprint density at radius 1 is 1.42 bits per heavy atom. The molecule has 0 saturated heterocycles. The Labute approximate surface area is 149 Å². The zero-order valence-electron chi connectivity index (χ0n) is 14.2. The number of amides is 2. The number of hydrogen-bond acceptors (Lipinski definition) is 5. The maximum atomic E-state index is 12.3. The minimum absolute atomic E-state index is 0.247. The first-order chi connectivity index (χ1) is 12.4. The van der Waals surface area contributed by atoms with Gasteiger partial charge in [-0.2, -0.15) is 0 Å². The molecule has 1 aromatic heterocycles. The number of H-pyrrole nitrogens is 1. The summed E-state index contributed by atoms with van der Waals surface area (Å²) >= 11 is 0. The van der Waals surface area contributed by atoms with Gasteiger partial charge in [0.1, 0.15) is 6.04 Å². The van der Waals surface area contributed by atoms with Crippen LogP contribution in [0.1, 0.15) is 28.0 Å². The summed E-state index contributed by atoms with van der Waals surface area (Å²) in [6, 6.07) is 4.21. The molecule has 2 aromatic rings. The van der Waals surface area contributed by atoms with E-state index in [9.17, 15) is 14.4 Å². The van der Waals surface area contributed by atoms with Gasteiger partial charge in [0.05, 0.1) is 25.0 Å². The summed E-state index contributed by atoms with van der Waals surface area (Å²) in [7, 11) is 1.61. The number of rotatable bonds is 5. The second-order valence-corrected chi connectivity index (χ2v) is 6.12. The molecule has 0 fully saturated rings. The van der Waals surface area contributed by atoms with Gasteiger partial charge in [-0.25, -0.2) is 4.98 Å². The van der Waals surface area contributed by atoms with E-state index in [0.29, 0.717) is 24.3 Å². The highest BCUT2D eigenvalue weighted by molar-refractivity contribution is 5.95. The summed E-state index contributed by atoms with van der Waals surface area (Å²) in [5.74, 6) is -1.60. The maximum absolute atomic E-state index is 12.3. The van der Waals surface area contributed by atoms with Crippen molar-refractivity contribution in [3.63, 3.8) is 0 Å². The Kier molecular flexibility index (Phi) is 4.87. The molecule has 4 N–H and O–H groups in total. The van der Waals surface area contributed by atoms with Gasteiger partial charge in [-0.3, -0.25) is 14.4 Å². The molecule has 9 heteroatoms. The molecule has 0 spiro atoms. The predicted molar refractivity (Wildman–Crippen MR) is 92.3 cm³/mol. The van der Waals surface area contributed by atoms with Crippen LogP contribution < -0.4 is 10.6 Å². The lowest BCUT2D eigenvalue weighted by atomic mass is 10.1. The summed E-state index contributed by atoms with van der Waals surface area (Å²) in [6.07, 6.45) is 2.86. The van der Waals surface area contributed by atoms with Crippen molar-refractivity contribution in [1.82, 2.24) is 20.2 Å². The van der Waals surface area contributed by atoms with Crippen LogP contribution in [0.25, 0.3) is 0 Å². The van der Waals surface area contributed by atoms with Crippen LogP contribution in [0.2, 0.25) is 0 Å². The van der Waals surface area contributed by atoms with Gasteiger partial charge in [0.25, 0.3) is 5.91 Å². The lowest BCUT2D eigenvalue weighted by Gasteiger charge is -2.19. The van der Waals surface area contributed by atoms with Crippen LogP contribution in [-0.4, -0.2) is 50.8 Å². The molecule has 0 saturated carbocycles. The zero-order valence-corrected chi connectivity index (χ0v) is 14.2. The lowest BCUT2D eigenvalue weighted by Crippen LogP contribution is -2.39. The largest absolute Gasteiger partial charge is 0.481 e. The Bertz CT molecular complexity index is 834. The van der Waals surface area contributed by atoms with Crippen molar-refractivity contribution in [3.8, 4) is 0 Å². The van der Waals surface area contributed by atoms with E-state index < -0.39 is 12.0 Å². The fraction of sp³-hybridized carbons (Fsp3) is 0.294. The van der Waals surface area contributed by atoms with E-state index in [2.05, 4.69) is 20.6 Å². The van der Waals surface area contributed by atoms with Crippen LogP contribution in [0.5, 0.6) is 0 Å². The maximum Gasteiger partial charge on any atom is 0.305 e. The first-order valence-electron chi connectivity index (χ1n) is 8.05. The van der Waals surface area contributed by atoms with Gasteiger partial charge >= 0.3 is 5.97 Å². The van der Waals surface area contributed by atoms with Gasteiger partial charge in [0.2, 0.25) is 5.91 Å². The minimum Gasteiger partial charge on any atom is -0.481 e. The van der Waals surface area contributed by atoms with Gasteiger partial charge in [-0.1, -0.05) is 0 Å². The number of nitrogens with zero attached hydrogens (tertiary/aromatic N) is 2. The third kappa shape index (κ3) is 3.82. The number of carboxylic acid groups (broad SMARTS) is 1. The molecule has 136 valence electrons. The number of carboxylic acids is 1. The summed E-state index contributed by atoms with van der Waals surface area (Å²) < 4.78 is 0. The summed E-state index contributed by atoms with van der Waals surface area (Å²) in [5.41, 5.74) is 2.65. The third-order valence-electron chi connectivity index (χ3n) is 4.15. The second kappa shape index (κ2) is 7.26. The number of carbonyl (C=O) groups excluding carboxylic acids is 2. The molecular weight excluding hydrogens is 338 g/mol. The molecule has 1 aromatic carbocycles. The van der Waals surface area contributed by atoms with E-state index in [4.69, 9.17) is 5.11 Å². The highest BCUT2D eigenvalue weighted by Gasteiger charge is 2.29. The molecule has 0 aliphatic carbocycles. The van der Waals surface area contributed by atoms with E-state index in [0.717, 1.165) is 11.3 Å². The van der Waals surface area contributed by atoms with Crippen molar-refractivity contribution in [1.29, 1.82) is 0 Å². The first-order valence-corrected chi connectivity index (χ1v) is 8.05. The zero-order chi connectivity index (χ0) is 18.7. The molecule has 1 aliphatic heterocycles. The van der Waals surface area contributed by atoms with Gasteiger partial charge in [0, 0.05) is 31.0 Å². The number of benzene rings is 1. The Morgan fingerprint density at radius 2 is 2.23 bits per heavy atom. The third-order valence-corrected chi connectivity index (χ3v) is 4.15. The van der Waals surface area contributed by atoms with Crippen LogP contribution in [0.4, 0.5) is 5.69 Å². The van der Waals surface area contributed by atoms with E-state index in [1.54, 1.807) is 31.4 Å². The van der Waals surface area contributed by atoms with Gasteiger partial charge in [-0.15, -0.1) is 0 Å². The smallest absolute Gasteiger partial charge is 0.305 e. The van der Waals surface area contributed by atoms with Crippen molar-refractivity contribution >= 4 is 23.5 Å². The SMILES string of the molecule is CN1Cc2cc(C(=O)NCc3cnc[nH]3)ccc2N[C@@H](CC(=O)O)C1=O. The number of aromatic nitrogens is 2. The van der Waals surface area contributed by atoms with Crippen molar-refractivity contribution in [2.24, 2.45) is 0 Å². The molecule has 1 atom stereocenters. The monoisotopic (exact) mass is 357 g/mol. The standard InChI is InChI=1S/C17H19N5O4/c1-22-8-11-4-10(16(25)19-7-12-6-18-9-20-12)2-3-13(11)21-14(17(22)26)5-15(23)24/h2-4,6,9,14,21H,5,7-8H2,1H3,(H,18,20)(H,19,25)(H,23,24)/t14-/m0/s1. The number of aromatic amines is 1. The van der Waals surface area contributed by atoms with Gasteiger partial charge in [0.15, 0.2) is 0 Å². The number of fused-ring (bicyclic) bond motifs is 1. The number of carbonyl (C=O) groups is 3. The van der Waals surface area contributed by atoms with E-state index in [1.165, 1.54) is 11.2 Å². The number of likely N-dealkylation sites (N-methyl/N-ethyl adjacent to an activating group) is 1. The quantitative estimate of drug-likeness (QED) is 0.619. The number of aliphatic carboxylic acids is 1. The van der Waals surface area contributed by atoms with E-state index in [1.807, 2.05) is 0 Å². The highest BCUT2D eigenvalue weighted by Crippen LogP contribution is 2.24. The van der Waals surface area contributed by atoms with Crippen molar-refractivity contribution in [2.75, 3.05) is 12.4 Å². The number of anilines is 1. The molecule has 0 bridgehead atoms. The highest BCUT2D eigenvalue weighted by atomic mass is 16.4. The van der Waals surface area contributed by atoms with Crippen molar-refractivity contribution < 1.29 is 19.5 Å². The summed E-state index contributed by atoms with van der Waals surface area (Å²) in [6.45, 7) is 0.617. The van der Waals surface area contributed by atoms with Crippen molar-refractivity contribution in [3.05, 3.63) is 47.5 Å². The van der Waals surface area contributed by atoms with E-state index >= 15 is 0 Å². The molecule has 1 aliphatic rings.